The summed E-state index contributed by atoms with van der Waals surface area (Å²) in [5.41, 5.74) is 2.66. The summed E-state index contributed by atoms with van der Waals surface area (Å²) in [7, 11) is 1.69. The Kier molecular flexibility index (Phi) is 5.19. The first kappa shape index (κ1) is 14.6. The smallest absolute Gasteiger partial charge is 0.118 e. The van der Waals surface area contributed by atoms with E-state index in [0.29, 0.717) is 12.0 Å². The number of ether oxygens (including phenoxy) is 1. The molecule has 1 unspecified atom stereocenters. The van der Waals surface area contributed by atoms with Crippen LogP contribution in [0.3, 0.4) is 0 Å². The zero-order valence-corrected chi connectivity index (χ0v) is 12.5. The van der Waals surface area contributed by atoms with Gasteiger partial charge in [-0.3, -0.25) is 0 Å². The number of methoxy groups -OCH3 is 1. The van der Waals surface area contributed by atoms with Gasteiger partial charge in [-0.15, -0.1) is 0 Å². The molecule has 0 amide bonds. The van der Waals surface area contributed by atoms with E-state index in [4.69, 9.17) is 4.74 Å². The standard InChI is InChI=1S/C18H23NO/c1-14(16-7-5-4-6-8-16)13-19-15(2)17-9-11-18(20-3)12-10-17/h4-12,14-15,19H,13H2,1-3H3/t14?,15-/m1/s1. The minimum Gasteiger partial charge on any atom is -0.497 e. The number of hydrogen-bond acceptors (Lipinski definition) is 2. The predicted molar refractivity (Wildman–Crippen MR) is 84.3 cm³/mol. The Balaban J connectivity index is 1.89. The average molecular weight is 269 g/mol. The minimum absolute atomic E-state index is 0.340. The highest BCUT2D eigenvalue weighted by molar-refractivity contribution is 5.29. The molecule has 20 heavy (non-hydrogen) atoms. The van der Waals surface area contributed by atoms with Crippen molar-refractivity contribution in [3.05, 3.63) is 65.7 Å². The lowest BCUT2D eigenvalue weighted by Crippen LogP contribution is -2.23. The largest absolute Gasteiger partial charge is 0.497 e. The van der Waals surface area contributed by atoms with Gasteiger partial charge in [0.25, 0.3) is 0 Å². The SMILES string of the molecule is COc1ccc([C@@H](C)NCC(C)c2ccccc2)cc1. The van der Waals surface area contributed by atoms with Crippen molar-refractivity contribution < 1.29 is 4.74 Å². The first-order chi connectivity index (χ1) is 9.70. The van der Waals surface area contributed by atoms with Crippen molar-refractivity contribution in [3.8, 4) is 5.75 Å². The van der Waals surface area contributed by atoms with Gasteiger partial charge in [-0.25, -0.2) is 0 Å². The van der Waals surface area contributed by atoms with Crippen molar-refractivity contribution in [2.45, 2.75) is 25.8 Å². The predicted octanol–water partition coefficient (Wildman–Crippen LogP) is 4.15. The fourth-order valence-corrected chi connectivity index (χ4v) is 2.26. The molecule has 2 nitrogen and oxygen atoms in total. The summed E-state index contributed by atoms with van der Waals surface area (Å²) in [5, 5.41) is 3.59. The van der Waals surface area contributed by atoms with Gasteiger partial charge in [0.15, 0.2) is 0 Å². The van der Waals surface area contributed by atoms with E-state index >= 15 is 0 Å². The van der Waals surface area contributed by atoms with Gasteiger partial charge in [0.05, 0.1) is 7.11 Å². The molecule has 0 saturated carbocycles. The number of rotatable bonds is 6. The molecular formula is C18H23NO. The zero-order chi connectivity index (χ0) is 14.4. The van der Waals surface area contributed by atoms with E-state index in [0.717, 1.165) is 12.3 Å². The van der Waals surface area contributed by atoms with E-state index in [9.17, 15) is 0 Å². The maximum Gasteiger partial charge on any atom is 0.118 e. The van der Waals surface area contributed by atoms with Gasteiger partial charge in [-0.1, -0.05) is 49.4 Å². The topological polar surface area (TPSA) is 21.3 Å². The van der Waals surface area contributed by atoms with E-state index < -0.39 is 0 Å². The lowest BCUT2D eigenvalue weighted by molar-refractivity contribution is 0.414. The van der Waals surface area contributed by atoms with Crippen molar-refractivity contribution in [2.75, 3.05) is 13.7 Å². The summed E-state index contributed by atoms with van der Waals surface area (Å²) in [6, 6.07) is 19.2. The third kappa shape index (κ3) is 3.84. The molecule has 0 fully saturated rings. The summed E-state index contributed by atoms with van der Waals surface area (Å²) in [5.74, 6) is 1.41. The number of benzene rings is 2. The van der Waals surface area contributed by atoms with E-state index in [1.54, 1.807) is 7.11 Å². The second-order valence-electron chi connectivity index (χ2n) is 5.21. The fourth-order valence-electron chi connectivity index (χ4n) is 2.26. The van der Waals surface area contributed by atoms with Crippen LogP contribution < -0.4 is 10.1 Å². The molecule has 2 aromatic carbocycles. The molecule has 0 radical (unpaired) electrons. The molecule has 0 aliphatic heterocycles. The Labute approximate surface area is 121 Å². The monoisotopic (exact) mass is 269 g/mol. The van der Waals surface area contributed by atoms with Crippen LogP contribution in [-0.2, 0) is 0 Å². The summed E-state index contributed by atoms with van der Waals surface area (Å²) < 4.78 is 5.18. The summed E-state index contributed by atoms with van der Waals surface area (Å²) in [4.78, 5) is 0. The van der Waals surface area contributed by atoms with Crippen LogP contribution in [0.1, 0.15) is 36.9 Å². The van der Waals surface area contributed by atoms with Crippen LogP contribution in [0, 0.1) is 0 Å². The van der Waals surface area contributed by atoms with Gasteiger partial charge in [0.1, 0.15) is 5.75 Å². The molecule has 0 bridgehead atoms. The quantitative estimate of drug-likeness (QED) is 0.850. The highest BCUT2D eigenvalue weighted by Gasteiger charge is 2.09. The van der Waals surface area contributed by atoms with Gasteiger partial charge < -0.3 is 10.1 Å². The Morgan fingerprint density at radius 3 is 2.15 bits per heavy atom. The van der Waals surface area contributed by atoms with Crippen molar-refractivity contribution >= 4 is 0 Å². The molecule has 0 heterocycles. The molecule has 2 rings (SSSR count). The zero-order valence-electron chi connectivity index (χ0n) is 12.5. The van der Waals surface area contributed by atoms with Crippen LogP contribution in [0.2, 0.25) is 0 Å². The second kappa shape index (κ2) is 7.11. The van der Waals surface area contributed by atoms with Crippen LogP contribution in [0.25, 0.3) is 0 Å². The lowest BCUT2D eigenvalue weighted by atomic mass is 10.0. The van der Waals surface area contributed by atoms with Crippen molar-refractivity contribution in [1.82, 2.24) is 5.32 Å². The molecule has 106 valence electrons. The van der Waals surface area contributed by atoms with E-state index in [1.807, 2.05) is 12.1 Å². The first-order valence-electron chi connectivity index (χ1n) is 7.13. The fraction of sp³-hybridized carbons (Fsp3) is 0.333. The van der Waals surface area contributed by atoms with Crippen LogP contribution >= 0.6 is 0 Å². The van der Waals surface area contributed by atoms with Gasteiger partial charge in [-0.05, 0) is 36.1 Å². The van der Waals surface area contributed by atoms with E-state index in [1.165, 1.54) is 11.1 Å². The Morgan fingerprint density at radius 2 is 1.55 bits per heavy atom. The Bertz CT molecular complexity index is 507. The summed E-state index contributed by atoms with van der Waals surface area (Å²) in [6.45, 7) is 5.42. The maximum absolute atomic E-state index is 5.18. The summed E-state index contributed by atoms with van der Waals surface area (Å²) >= 11 is 0. The van der Waals surface area contributed by atoms with Gasteiger partial charge in [-0.2, -0.15) is 0 Å². The minimum atomic E-state index is 0.340. The lowest BCUT2D eigenvalue weighted by Gasteiger charge is -2.18. The molecule has 2 heteroatoms. The second-order valence-corrected chi connectivity index (χ2v) is 5.21. The highest BCUT2D eigenvalue weighted by Crippen LogP contribution is 2.19. The molecule has 0 saturated heterocycles. The molecular weight excluding hydrogens is 246 g/mol. The van der Waals surface area contributed by atoms with Crippen LogP contribution in [0.15, 0.2) is 54.6 Å². The van der Waals surface area contributed by atoms with Crippen molar-refractivity contribution in [1.29, 1.82) is 0 Å². The summed E-state index contributed by atoms with van der Waals surface area (Å²) in [6.07, 6.45) is 0. The third-order valence-corrected chi connectivity index (χ3v) is 3.71. The molecule has 0 aromatic heterocycles. The van der Waals surface area contributed by atoms with Crippen molar-refractivity contribution in [2.24, 2.45) is 0 Å². The number of hydrogen-bond donors (Lipinski definition) is 1. The molecule has 0 aliphatic carbocycles. The maximum atomic E-state index is 5.18. The molecule has 2 aromatic rings. The average Bonchev–Trinajstić information content (AvgIpc) is 2.53. The van der Waals surface area contributed by atoms with Crippen molar-refractivity contribution in [3.63, 3.8) is 0 Å². The van der Waals surface area contributed by atoms with Crippen LogP contribution in [0.4, 0.5) is 0 Å². The Morgan fingerprint density at radius 1 is 0.900 bits per heavy atom. The molecule has 0 aliphatic rings. The molecule has 1 N–H and O–H groups in total. The molecule has 2 atom stereocenters. The van der Waals surface area contributed by atoms with E-state index in [-0.39, 0.29) is 0 Å². The first-order valence-corrected chi connectivity index (χ1v) is 7.13. The number of nitrogens with one attached hydrogen (secondary N) is 1. The van der Waals surface area contributed by atoms with Gasteiger partial charge in [0, 0.05) is 12.6 Å². The van der Waals surface area contributed by atoms with Gasteiger partial charge >= 0.3 is 0 Å². The highest BCUT2D eigenvalue weighted by atomic mass is 16.5. The third-order valence-electron chi connectivity index (χ3n) is 3.71. The van der Waals surface area contributed by atoms with Gasteiger partial charge in [0.2, 0.25) is 0 Å². The van der Waals surface area contributed by atoms with E-state index in [2.05, 4.69) is 61.6 Å². The van der Waals surface area contributed by atoms with Crippen LogP contribution in [0.5, 0.6) is 5.75 Å². The van der Waals surface area contributed by atoms with Crippen LogP contribution in [-0.4, -0.2) is 13.7 Å². The molecule has 0 spiro atoms. The normalized spacial score (nSPS) is 13.8. The Hall–Kier alpha value is -1.80.